The number of benzene rings is 2. The van der Waals surface area contributed by atoms with Crippen LogP contribution in [0.1, 0.15) is 23.6 Å². The number of nitrogens with zero attached hydrogens (tertiary/aromatic N) is 1. The predicted octanol–water partition coefficient (Wildman–Crippen LogP) is 3.64. The van der Waals surface area contributed by atoms with E-state index in [1.54, 1.807) is 4.90 Å². The van der Waals surface area contributed by atoms with Gasteiger partial charge in [0.05, 0.1) is 17.5 Å². The molecule has 4 nitrogen and oxygen atoms in total. The number of anilines is 1. The summed E-state index contributed by atoms with van der Waals surface area (Å²) in [4.78, 5) is 26.2. The van der Waals surface area contributed by atoms with Crippen molar-refractivity contribution in [2.24, 2.45) is 0 Å². The monoisotopic (exact) mass is 372 g/mol. The molecule has 0 fully saturated rings. The highest BCUT2D eigenvalue weighted by Gasteiger charge is 2.28. The maximum atomic E-state index is 12.9. The van der Waals surface area contributed by atoms with Crippen LogP contribution in [-0.4, -0.2) is 35.3 Å². The topological polar surface area (TPSA) is 49.4 Å². The van der Waals surface area contributed by atoms with Crippen molar-refractivity contribution in [3.05, 3.63) is 65.5 Å². The lowest BCUT2D eigenvalue weighted by atomic mass is 10.1. The molecule has 1 atom stereocenters. The normalized spacial score (nSPS) is 15.4. The number of rotatable bonds is 6. The Balaban J connectivity index is 1.45. The Bertz CT molecular complexity index is 795. The van der Waals surface area contributed by atoms with Gasteiger partial charge in [0, 0.05) is 12.7 Å². The molecule has 2 aromatic rings. The molecular weight excluding hydrogens is 351 g/mol. The zero-order valence-electron chi connectivity index (χ0n) is 14.6. The Labute approximate surface area is 156 Å². The summed E-state index contributed by atoms with van der Waals surface area (Å²) in [7, 11) is 1.83. The van der Waals surface area contributed by atoms with Crippen LogP contribution in [0, 0.1) is 5.82 Å². The number of halogens is 1. The highest BCUT2D eigenvalue weighted by molar-refractivity contribution is 8.00. The minimum atomic E-state index is -0.348. The third-order valence-electron chi connectivity index (χ3n) is 4.55. The molecule has 26 heavy (non-hydrogen) atoms. The van der Waals surface area contributed by atoms with Crippen LogP contribution in [0.15, 0.2) is 48.5 Å². The molecule has 2 amide bonds. The van der Waals surface area contributed by atoms with Gasteiger partial charge in [-0.25, -0.2) is 4.39 Å². The van der Waals surface area contributed by atoms with E-state index in [2.05, 4.69) is 17.4 Å². The maximum absolute atomic E-state index is 12.9. The number of nitrogens with one attached hydrogen (secondary N) is 1. The van der Waals surface area contributed by atoms with E-state index < -0.39 is 0 Å². The summed E-state index contributed by atoms with van der Waals surface area (Å²) in [6.07, 6.45) is 1.93. The standard InChI is InChI=1S/C20H21FN2O2S/c1-23(18-11-6-14-4-2-3-5-17(14)18)20(25)13-26-12-19(24)22-16-9-7-15(21)8-10-16/h2-5,7-10,18H,6,11-13H2,1H3,(H,22,24). The van der Waals surface area contributed by atoms with E-state index in [4.69, 9.17) is 0 Å². The fraction of sp³-hybridized carbons (Fsp3) is 0.300. The van der Waals surface area contributed by atoms with Gasteiger partial charge in [-0.05, 0) is 48.2 Å². The molecule has 1 aliphatic rings. The van der Waals surface area contributed by atoms with Crippen molar-refractivity contribution in [2.45, 2.75) is 18.9 Å². The minimum absolute atomic E-state index is 0.0197. The van der Waals surface area contributed by atoms with Gasteiger partial charge in [-0.2, -0.15) is 0 Å². The van der Waals surface area contributed by atoms with Crippen molar-refractivity contribution in [3.8, 4) is 0 Å². The number of fused-ring (bicyclic) bond motifs is 1. The van der Waals surface area contributed by atoms with E-state index in [0.717, 1.165) is 12.8 Å². The largest absolute Gasteiger partial charge is 0.338 e. The van der Waals surface area contributed by atoms with E-state index in [1.165, 1.54) is 47.2 Å². The van der Waals surface area contributed by atoms with E-state index in [-0.39, 0.29) is 35.2 Å². The molecule has 3 rings (SSSR count). The third kappa shape index (κ3) is 4.43. The third-order valence-corrected chi connectivity index (χ3v) is 5.47. The lowest BCUT2D eigenvalue weighted by molar-refractivity contribution is -0.129. The summed E-state index contributed by atoms with van der Waals surface area (Å²) in [5.41, 5.74) is 3.08. The van der Waals surface area contributed by atoms with E-state index in [0.29, 0.717) is 5.69 Å². The summed E-state index contributed by atoms with van der Waals surface area (Å²) in [6.45, 7) is 0. The fourth-order valence-electron chi connectivity index (χ4n) is 3.17. The zero-order chi connectivity index (χ0) is 18.5. The fourth-order valence-corrected chi connectivity index (χ4v) is 3.91. The SMILES string of the molecule is CN(C(=O)CSCC(=O)Nc1ccc(F)cc1)C1CCc2ccccc21. The summed E-state index contributed by atoms with van der Waals surface area (Å²) in [5, 5.41) is 2.69. The molecule has 1 N–H and O–H groups in total. The summed E-state index contributed by atoms with van der Waals surface area (Å²) < 4.78 is 12.9. The molecule has 0 saturated heterocycles. The number of amides is 2. The lowest BCUT2D eigenvalue weighted by Crippen LogP contribution is -2.32. The highest BCUT2D eigenvalue weighted by atomic mass is 32.2. The summed E-state index contributed by atoms with van der Waals surface area (Å²) in [6, 6.07) is 13.9. The van der Waals surface area contributed by atoms with Crippen LogP contribution in [0.25, 0.3) is 0 Å². The van der Waals surface area contributed by atoms with Crippen LogP contribution in [0.3, 0.4) is 0 Å². The van der Waals surface area contributed by atoms with Crippen LogP contribution in [-0.2, 0) is 16.0 Å². The van der Waals surface area contributed by atoms with E-state index in [9.17, 15) is 14.0 Å². The van der Waals surface area contributed by atoms with Crippen LogP contribution in [0.5, 0.6) is 0 Å². The number of thioether (sulfide) groups is 1. The van der Waals surface area contributed by atoms with Crippen molar-refractivity contribution >= 4 is 29.3 Å². The molecule has 0 aromatic heterocycles. The van der Waals surface area contributed by atoms with Crippen molar-refractivity contribution < 1.29 is 14.0 Å². The second-order valence-electron chi connectivity index (χ2n) is 6.31. The number of hydrogen-bond acceptors (Lipinski definition) is 3. The molecular formula is C20H21FN2O2S. The van der Waals surface area contributed by atoms with Crippen LogP contribution in [0.2, 0.25) is 0 Å². The van der Waals surface area contributed by atoms with Gasteiger partial charge in [0.15, 0.2) is 0 Å². The Morgan fingerprint density at radius 2 is 1.88 bits per heavy atom. The highest BCUT2D eigenvalue weighted by Crippen LogP contribution is 2.34. The van der Waals surface area contributed by atoms with Crippen molar-refractivity contribution in [1.82, 2.24) is 4.90 Å². The molecule has 0 spiro atoms. The predicted molar refractivity (Wildman–Crippen MR) is 103 cm³/mol. The molecule has 136 valence electrons. The molecule has 0 heterocycles. The Morgan fingerprint density at radius 1 is 1.15 bits per heavy atom. The second-order valence-corrected chi connectivity index (χ2v) is 7.29. The van der Waals surface area contributed by atoms with Crippen molar-refractivity contribution in [3.63, 3.8) is 0 Å². The van der Waals surface area contributed by atoms with E-state index in [1.807, 2.05) is 19.2 Å². The Morgan fingerprint density at radius 3 is 2.65 bits per heavy atom. The molecule has 0 radical (unpaired) electrons. The first-order valence-corrected chi connectivity index (χ1v) is 9.66. The number of hydrogen-bond donors (Lipinski definition) is 1. The maximum Gasteiger partial charge on any atom is 0.234 e. The lowest BCUT2D eigenvalue weighted by Gasteiger charge is -2.25. The molecule has 6 heteroatoms. The number of carbonyl (C=O) groups excluding carboxylic acids is 2. The van der Waals surface area contributed by atoms with Gasteiger partial charge >= 0.3 is 0 Å². The Kier molecular flexibility index (Phi) is 5.93. The molecule has 2 aromatic carbocycles. The molecule has 0 bridgehead atoms. The van der Waals surface area contributed by atoms with Gasteiger partial charge in [0.1, 0.15) is 5.82 Å². The first-order valence-electron chi connectivity index (χ1n) is 8.51. The van der Waals surface area contributed by atoms with Crippen molar-refractivity contribution in [2.75, 3.05) is 23.9 Å². The molecule has 1 unspecified atom stereocenters. The average Bonchev–Trinajstić information content (AvgIpc) is 3.07. The van der Waals surface area contributed by atoms with Crippen LogP contribution < -0.4 is 5.32 Å². The quantitative estimate of drug-likeness (QED) is 0.842. The summed E-state index contributed by atoms with van der Waals surface area (Å²) >= 11 is 1.28. The van der Waals surface area contributed by atoms with Gasteiger partial charge in [-0.3, -0.25) is 9.59 Å². The van der Waals surface area contributed by atoms with Gasteiger partial charge in [-0.15, -0.1) is 11.8 Å². The Hall–Kier alpha value is -2.34. The number of carbonyl (C=O) groups is 2. The zero-order valence-corrected chi connectivity index (χ0v) is 15.4. The van der Waals surface area contributed by atoms with Crippen LogP contribution >= 0.6 is 11.8 Å². The molecule has 1 aliphatic carbocycles. The van der Waals surface area contributed by atoms with Crippen LogP contribution in [0.4, 0.5) is 10.1 Å². The average molecular weight is 372 g/mol. The smallest absolute Gasteiger partial charge is 0.234 e. The van der Waals surface area contributed by atoms with Gasteiger partial charge in [-0.1, -0.05) is 24.3 Å². The second kappa shape index (κ2) is 8.36. The van der Waals surface area contributed by atoms with E-state index >= 15 is 0 Å². The first-order chi connectivity index (χ1) is 12.5. The van der Waals surface area contributed by atoms with Gasteiger partial charge < -0.3 is 10.2 Å². The molecule has 0 saturated carbocycles. The van der Waals surface area contributed by atoms with Gasteiger partial charge in [0.2, 0.25) is 11.8 Å². The first kappa shape index (κ1) is 18.5. The van der Waals surface area contributed by atoms with Crippen molar-refractivity contribution in [1.29, 1.82) is 0 Å². The van der Waals surface area contributed by atoms with Gasteiger partial charge in [0.25, 0.3) is 0 Å². The molecule has 0 aliphatic heterocycles. The number of aryl methyl sites for hydroxylation is 1. The minimum Gasteiger partial charge on any atom is -0.338 e. The summed E-state index contributed by atoms with van der Waals surface area (Å²) in [5.74, 6) is -0.0985.